The van der Waals surface area contributed by atoms with E-state index in [1.165, 1.54) is 117 Å². The molecule has 2 spiro atoms. The molecule has 16 rings (SSSR count). The highest BCUT2D eigenvalue weighted by Gasteiger charge is 2.60. The molecule has 0 bridgehead atoms. The number of benzene rings is 9. The second-order valence-corrected chi connectivity index (χ2v) is 20.8. The Morgan fingerprint density at radius 2 is 1.10 bits per heavy atom. The van der Waals surface area contributed by atoms with Gasteiger partial charge < -0.3 is 9.47 Å². The zero-order chi connectivity index (χ0) is 46.1. The van der Waals surface area contributed by atoms with Crippen LogP contribution in [0.2, 0.25) is 0 Å². The average Bonchev–Trinajstić information content (AvgIpc) is 4.20. The first kappa shape index (κ1) is 38.5. The van der Waals surface area contributed by atoms with Crippen LogP contribution in [-0.2, 0) is 10.8 Å². The molecule has 2 heterocycles. The lowest BCUT2D eigenvalue weighted by Crippen LogP contribution is -2.30. The van der Waals surface area contributed by atoms with Crippen molar-refractivity contribution in [3.8, 4) is 33.4 Å². The smallest absolute Gasteiger partial charge is 0.0723 e. The normalized spacial score (nSPS) is 18.4. The maximum absolute atomic E-state index is 2.66. The van der Waals surface area contributed by atoms with Crippen molar-refractivity contribution >= 4 is 55.7 Å². The van der Waals surface area contributed by atoms with E-state index in [-0.39, 0.29) is 10.8 Å². The molecule has 2 heteroatoms. The first-order valence-electron chi connectivity index (χ1n) is 24.9. The van der Waals surface area contributed by atoms with Gasteiger partial charge in [-0.15, -0.1) is 0 Å². The highest BCUT2D eigenvalue weighted by atomic mass is 15.1. The van der Waals surface area contributed by atoms with Crippen LogP contribution in [-0.4, -0.2) is 4.57 Å². The summed E-state index contributed by atoms with van der Waals surface area (Å²) in [5.41, 5.74) is 28.0. The second kappa shape index (κ2) is 13.4. The van der Waals surface area contributed by atoms with Crippen LogP contribution in [0.3, 0.4) is 0 Å². The van der Waals surface area contributed by atoms with Crippen LogP contribution in [0.15, 0.2) is 236 Å². The Hall–Kier alpha value is -8.46. The summed E-state index contributed by atoms with van der Waals surface area (Å²) in [5, 5.41) is 2.63. The molecule has 6 aliphatic rings. The molecular formula is C68H46N2. The maximum atomic E-state index is 2.66. The van der Waals surface area contributed by atoms with Gasteiger partial charge in [-0.2, -0.15) is 0 Å². The number of fused-ring (bicyclic) bond motifs is 14. The van der Waals surface area contributed by atoms with Crippen molar-refractivity contribution in [3.63, 3.8) is 0 Å². The van der Waals surface area contributed by atoms with E-state index >= 15 is 0 Å². The minimum absolute atomic E-state index is 0.127. The highest BCUT2D eigenvalue weighted by molar-refractivity contribution is 6.21. The SMILES string of the molecule is CC1(C)c2ccccc2-c2ccc(N(c3ccc(-c4ccccc4)cc3)c3cccc(C4=CC56CC=CC7=C5c5c(ccc8c9ccccc9n(c58)C6=C4)C74c5ccccc5-c5ccccc54)c3)cc21. The quantitative estimate of drug-likeness (QED) is 0.167. The number of allylic oxidation sites excluding steroid dienone is 8. The zero-order valence-corrected chi connectivity index (χ0v) is 39.0. The molecule has 70 heavy (non-hydrogen) atoms. The van der Waals surface area contributed by atoms with Crippen LogP contribution in [0.25, 0.3) is 72.0 Å². The summed E-state index contributed by atoms with van der Waals surface area (Å²) in [4.78, 5) is 2.47. The number of hydrogen-bond donors (Lipinski definition) is 0. The number of nitrogens with zero attached hydrogens (tertiary/aromatic N) is 2. The van der Waals surface area contributed by atoms with E-state index in [1.807, 2.05) is 0 Å². The Morgan fingerprint density at radius 3 is 1.89 bits per heavy atom. The van der Waals surface area contributed by atoms with Gasteiger partial charge in [0.15, 0.2) is 0 Å². The lowest BCUT2D eigenvalue weighted by Gasteiger charge is -2.40. The molecule has 2 nitrogen and oxygen atoms in total. The fraction of sp³-hybridized carbons (Fsp3) is 0.0882. The minimum Gasteiger partial charge on any atom is -0.311 e. The molecule has 1 atom stereocenters. The van der Waals surface area contributed by atoms with Gasteiger partial charge in [0.25, 0.3) is 0 Å². The zero-order valence-electron chi connectivity index (χ0n) is 39.0. The van der Waals surface area contributed by atoms with Gasteiger partial charge in [0, 0.05) is 44.5 Å². The summed E-state index contributed by atoms with van der Waals surface area (Å²) in [6.45, 7) is 4.75. The van der Waals surface area contributed by atoms with Crippen molar-refractivity contribution in [1.29, 1.82) is 0 Å². The van der Waals surface area contributed by atoms with E-state index < -0.39 is 5.41 Å². The topological polar surface area (TPSA) is 8.17 Å². The third kappa shape index (κ3) is 4.65. The van der Waals surface area contributed by atoms with Crippen molar-refractivity contribution in [2.24, 2.45) is 5.41 Å². The van der Waals surface area contributed by atoms with Crippen molar-refractivity contribution < 1.29 is 0 Å². The monoisotopic (exact) mass is 890 g/mol. The van der Waals surface area contributed by atoms with Crippen molar-refractivity contribution in [3.05, 3.63) is 275 Å². The molecule has 1 aliphatic heterocycles. The Labute approximate surface area is 408 Å². The van der Waals surface area contributed by atoms with Crippen molar-refractivity contribution in [2.75, 3.05) is 4.90 Å². The Bertz CT molecular complexity index is 4070. The molecule has 5 aliphatic carbocycles. The van der Waals surface area contributed by atoms with E-state index in [0.717, 1.165) is 23.5 Å². The van der Waals surface area contributed by atoms with Crippen LogP contribution in [0.4, 0.5) is 17.1 Å². The van der Waals surface area contributed by atoms with Crippen LogP contribution >= 0.6 is 0 Å². The molecule has 0 amide bonds. The Kier molecular flexibility index (Phi) is 7.37. The molecule has 0 N–H and O–H groups in total. The number of anilines is 3. The molecular weight excluding hydrogens is 845 g/mol. The summed E-state index contributed by atoms with van der Waals surface area (Å²) < 4.78 is 2.66. The van der Waals surface area contributed by atoms with Gasteiger partial charge in [-0.3, -0.25) is 0 Å². The van der Waals surface area contributed by atoms with Crippen LogP contribution in [0.1, 0.15) is 59.2 Å². The predicted molar refractivity (Wildman–Crippen MR) is 291 cm³/mol. The number of aromatic nitrogens is 1. The van der Waals surface area contributed by atoms with Gasteiger partial charge in [0.2, 0.25) is 0 Å². The Balaban J connectivity index is 0.911. The van der Waals surface area contributed by atoms with Gasteiger partial charge in [-0.05, 0) is 138 Å². The summed E-state index contributed by atoms with van der Waals surface area (Å²) in [6, 6.07) is 77.6. The molecule has 1 unspecified atom stereocenters. The van der Waals surface area contributed by atoms with E-state index in [2.05, 4.69) is 254 Å². The fourth-order valence-electron chi connectivity index (χ4n) is 14.3. The minimum atomic E-state index is -0.411. The molecule has 328 valence electrons. The standard InChI is InChI=1S/C68H46N2/c1-66(2)55-24-10-6-20-49(55)52-34-33-48(40-60(52)66)69(46-31-29-43(30-32-46)42-16-4-3-5-17-42)47-19-14-18-44(38-47)45-39-62-67(41-45)37-15-27-59-64(67)63-58(36-35-54-53-23-9-13-28-61(53)70(62)65(54)63)68(59)56-25-11-7-21-50(56)51-22-8-12-26-57(51)68/h3-36,38-41H,37H2,1-2H3. The van der Waals surface area contributed by atoms with E-state index in [9.17, 15) is 0 Å². The maximum Gasteiger partial charge on any atom is 0.0723 e. The second-order valence-electron chi connectivity index (χ2n) is 20.8. The van der Waals surface area contributed by atoms with Crippen LogP contribution < -0.4 is 4.90 Å². The van der Waals surface area contributed by atoms with E-state index in [1.54, 1.807) is 0 Å². The van der Waals surface area contributed by atoms with E-state index in [0.29, 0.717) is 0 Å². The van der Waals surface area contributed by atoms with Gasteiger partial charge in [-0.25, -0.2) is 0 Å². The third-order valence-corrected chi connectivity index (χ3v) is 17.2. The Morgan fingerprint density at radius 1 is 0.471 bits per heavy atom. The molecule has 0 fully saturated rings. The van der Waals surface area contributed by atoms with Gasteiger partial charge in [-0.1, -0.05) is 196 Å². The lowest BCUT2D eigenvalue weighted by molar-refractivity contribution is 0.646. The van der Waals surface area contributed by atoms with Crippen LogP contribution in [0, 0.1) is 5.41 Å². The van der Waals surface area contributed by atoms with Crippen LogP contribution in [0.5, 0.6) is 0 Å². The first-order chi connectivity index (χ1) is 34.4. The molecule has 0 saturated heterocycles. The molecule has 0 saturated carbocycles. The summed E-state index contributed by atoms with van der Waals surface area (Å²) in [5.74, 6) is 0. The largest absolute Gasteiger partial charge is 0.311 e. The fourth-order valence-corrected chi connectivity index (χ4v) is 14.3. The first-order valence-corrected chi connectivity index (χ1v) is 24.9. The van der Waals surface area contributed by atoms with Crippen molar-refractivity contribution in [1.82, 2.24) is 4.57 Å². The lowest BCUT2D eigenvalue weighted by atomic mass is 9.65. The molecule has 10 aromatic rings. The van der Waals surface area contributed by atoms with Gasteiger partial charge >= 0.3 is 0 Å². The molecule has 1 aromatic heterocycles. The summed E-state index contributed by atoms with van der Waals surface area (Å²) >= 11 is 0. The number of rotatable bonds is 5. The van der Waals surface area contributed by atoms with Gasteiger partial charge in [0.1, 0.15) is 0 Å². The predicted octanol–water partition coefficient (Wildman–Crippen LogP) is 17.2. The molecule has 0 radical (unpaired) electrons. The summed E-state index contributed by atoms with van der Waals surface area (Å²) in [7, 11) is 0. The number of para-hydroxylation sites is 1. The third-order valence-electron chi connectivity index (χ3n) is 17.2. The number of hydrogen-bond acceptors (Lipinski definition) is 1. The van der Waals surface area contributed by atoms with E-state index in [4.69, 9.17) is 0 Å². The van der Waals surface area contributed by atoms with Crippen molar-refractivity contribution in [2.45, 2.75) is 31.1 Å². The highest BCUT2D eigenvalue weighted by Crippen LogP contribution is 2.72. The van der Waals surface area contributed by atoms with Gasteiger partial charge in [0.05, 0.1) is 21.9 Å². The average molecular weight is 891 g/mol. The summed E-state index contributed by atoms with van der Waals surface area (Å²) in [6.07, 6.45) is 11.1. The molecule has 9 aromatic carbocycles.